The van der Waals surface area contributed by atoms with E-state index in [1.54, 1.807) is 12.0 Å². The number of fused-ring (bicyclic) bond motifs is 1. The van der Waals surface area contributed by atoms with Crippen molar-refractivity contribution in [3.05, 3.63) is 77.9 Å². The summed E-state index contributed by atoms with van der Waals surface area (Å²) in [6.07, 6.45) is 1.65. The van der Waals surface area contributed by atoms with Gasteiger partial charge < -0.3 is 14.5 Å². The number of ether oxygens (including phenoxy) is 1. The highest BCUT2D eigenvalue weighted by Gasteiger charge is 2.31. The lowest BCUT2D eigenvalue weighted by Gasteiger charge is -2.34. The predicted octanol–water partition coefficient (Wildman–Crippen LogP) is 4.36. The number of hydrogen-bond donors (Lipinski definition) is 0. The lowest BCUT2D eigenvalue weighted by molar-refractivity contribution is -0.136. The molecule has 0 spiro atoms. The molecule has 0 aromatic heterocycles. The smallest absolute Gasteiger partial charge is 0.254 e. The van der Waals surface area contributed by atoms with Crippen LogP contribution in [0.4, 0.5) is 0 Å². The average Bonchev–Trinajstić information content (AvgIpc) is 2.83. The van der Waals surface area contributed by atoms with Gasteiger partial charge in [0.05, 0.1) is 13.0 Å². The van der Waals surface area contributed by atoms with Crippen molar-refractivity contribution in [2.75, 3.05) is 27.2 Å². The number of hydrogen-bond acceptors (Lipinski definition) is 3. The molecule has 0 aliphatic carbocycles. The lowest BCUT2D eigenvalue weighted by Crippen LogP contribution is -2.45. The molecule has 160 valence electrons. The second kappa shape index (κ2) is 9.21. The van der Waals surface area contributed by atoms with Gasteiger partial charge in [-0.15, -0.1) is 0 Å². The normalized spacial score (nSPS) is 16.2. The first kappa shape index (κ1) is 20.9. The summed E-state index contributed by atoms with van der Waals surface area (Å²) < 4.78 is 5.20. The average molecular weight is 417 g/mol. The molecule has 0 bridgehead atoms. The molecule has 1 saturated heterocycles. The van der Waals surface area contributed by atoms with Crippen LogP contribution >= 0.6 is 0 Å². The van der Waals surface area contributed by atoms with Crippen molar-refractivity contribution in [2.24, 2.45) is 5.92 Å². The number of rotatable bonds is 5. The highest BCUT2D eigenvalue weighted by Crippen LogP contribution is 2.25. The van der Waals surface area contributed by atoms with E-state index in [-0.39, 0.29) is 17.7 Å². The zero-order valence-corrected chi connectivity index (χ0v) is 18.1. The molecule has 3 aromatic rings. The molecule has 4 rings (SSSR count). The van der Waals surface area contributed by atoms with Gasteiger partial charge in [-0.05, 0) is 47.4 Å². The van der Waals surface area contributed by atoms with E-state index in [4.69, 9.17) is 4.74 Å². The zero-order valence-electron chi connectivity index (χ0n) is 18.1. The van der Waals surface area contributed by atoms with Crippen molar-refractivity contribution in [1.82, 2.24) is 9.80 Å². The van der Waals surface area contributed by atoms with Gasteiger partial charge in [-0.1, -0.05) is 48.5 Å². The Bertz CT molecular complexity index is 1070. The molecular weight excluding hydrogens is 388 g/mol. The fourth-order valence-electron chi connectivity index (χ4n) is 4.34. The Morgan fingerprint density at radius 3 is 2.55 bits per heavy atom. The maximum atomic E-state index is 13.3. The zero-order chi connectivity index (χ0) is 21.8. The minimum absolute atomic E-state index is 0.00658. The van der Waals surface area contributed by atoms with Crippen molar-refractivity contribution >= 4 is 22.6 Å². The van der Waals surface area contributed by atoms with E-state index in [0.717, 1.165) is 34.9 Å². The summed E-state index contributed by atoms with van der Waals surface area (Å²) in [6, 6.07) is 21.5. The van der Waals surface area contributed by atoms with Crippen LogP contribution < -0.4 is 4.74 Å². The SMILES string of the molecule is COc1ccc(CN(C)C(=O)C2CCCN(C(=O)c3cccc4ccccc34)C2)cc1. The standard InChI is InChI=1S/C26H28N2O3/c1-27(17-19-12-14-22(31-2)15-13-19)25(29)21-9-6-16-28(18-21)26(30)24-11-5-8-20-7-3-4-10-23(20)24/h3-5,7-8,10-15,21H,6,9,16-18H2,1-2H3. The van der Waals surface area contributed by atoms with Crippen molar-refractivity contribution in [3.63, 3.8) is 0 Å². The summed E-state index contributed by atoms with van der Waals surface area (Å²) >= 11 is 0. The Kier molecular flexibility index (Phi) is 6.21. The van der Waals surface area contributed by atoms with Crippen LogP contribution in [-0.4, -0.2) is 48.9 Å². The largest absolute Gasteiger partial charge is 0.497 e. The van der Waals surface area contributed by atoms with Crippen LogP contribution in [0.3, 0.4) is 0 Å². The van der Waals surface area contributed by atoms with E-state index in [1.165, 1.54) is 0 Å². The number of likely N-dealkylation sites (tertiary alicyclic amines) is 1. The molecule has 0 radical (unpaired) electrons. The molecule has 3 aromatic carbocycles. The number of carbonyl (C=O) groups excluding carboxylic acids is 2. The number of methoxy groups -OCH3 is 1. The maximum absolute atomic E-state index is 13.3. The van der Waals surface area contributed by atoms with Gasteiger partial charge in [-0.2, -0.15) is 0 Å². The molecule has 2 amide bonds. The second-order valence-corrected chi connectivity index (χ2v) is 8.16. The van der Waals surface area contributed by atoms with Gasteiger partial charge >= 0.3 is 0 Å². The molecule has 1 atom stereocenters. The first-order chi connectivity index (χ1) is 15.1. The van der Waals surface area contributed by atoms with Crippen molar-refractivity contribution in [3.8, 4) is 5.75 Å². The highest BCUT2D eigenvalue weighted by molar-refractivity contribution is 6.07. The Morgan fingerprint density at radius 1 is 1.03 bits per heavy atom. The topological polar surface area (TPSA) is 49.9 Å². The lowest BCUT2D eigenvalue weighted by atomic mass is 9.95. The second-order valence-electron chi connectivity index (χ2n) is 8.16. The van der Waals surface area contributed by atoms with Crippen LogP contribution in [0, 0.1) is 5.92 Å². The highest BCUT2D eigenvalue weighted by atomic mass is 16.5. The van der Waals surface area contributed by atoms with E-state index >= 15 is 0 Å². The Morgan fingerprint density at radius 2 is 1.77 bits per heavy atom. The summed E-state index contributed by atoms with van der Waals surface area (Å²) in [5.74, 6) is 0.724. The third kappa shape index (κ3) is 4.55. The van der Waals surface area contributed by atoms with E-state index in [1.807, 2.05) is 78.7 Å². The minimum Gasteiger partial charge on any atom is -0.497 e. The van der Waals surface area contributed by atoms with Crippen molar-refractivity contribution in [2.45, 2.75) is 19.4 Å². The number of carbonyl (C=O) groups is 2. The first-order valence-corrected chi connectivity index (χ1v) is 10.7. The summed E-state index contributed by atoms with van der Waals surface area (Å²) in [5, 5.41) is 2.01. The van der Waals surface area contributed by atoms with Crippen LogP contribution in [0.15, 0.2) is 66.7 Å². The van der Waals surface area contributed by atoms with Crippen molar-refractivity contribution < 1.29 is 14.3 Å². The molecule has 1 aliphatic rings. The van der Waals surface area contributed by atoms with E-state index in [0.29, 0.717) is 25.2 Å². The Balaban J connectivity index is 1.44. The number of amides is 2. The fraction of sp³-hybridized carbons (Fsp3) is 0.308. The van der Waals surface area contributed by atoms with E-state index in [9.17, 15) is 9.59 Å². The summed E-state index contributed by atoms with van der Waals surface area (Å²) in [5.41, 5.74) is 1.76. The third-order valence-corrected chi connectivity index (χ3v) is 6.03. The predicted molar refractivity (Wildman–Crippen MR) is 122 cm³/mol. The van der Waals surface area contributed by atoms with Crippen LogP contribution in [0.1, 0.15) is 28.8 Å². The number of nitrogens with zero attached hydrogens (tertiary/aromatic N) is 2. The molecular formula is C26H28N2O3. The summed E-state index contributed by atoms with van der Waals surface area (Å²) in [7, 11) is 3.47. The van der Waals surface area contributed by atoms with E-state index < -0.39 is 0 Å². The molecule has 1 aliphatic heterocycles. The molecule has 1 unspecified atom stereocenters. The minimum atomic E-state index is -0.170. The van der Waals surface area contributed by atoms with Gasteiger partial charge in [0.25, 0.3) is 5.91 Å². The van der Waals surface area contributed by atoms with Gasteiger partial charge in [-0.25, -0.2) is 0 Å². The molecule has 31 heavy (non-hydrogen) atoms. The van der Waals surface area contributed by atoms with Crippen LogP contribution in [0.5, 0.6) is 5.75 Å². The molecule has 5 nitrogen and oxygen atoms in total. The van der Waals surface area contributed by atoms with Gasteiger partial charge in [0, 0.05) is 32.2 Å². The van der Waals surface area contributed by atoms with Gasteiger partial charge in [0.1, 0.15) is 5.75 Å². The van der Waals surface area contributed by atoms with Gasteiger partial charge in [0.15, 0.2) is 0 Å². The van der Waals surface area contributed by atoms with Crippen LogP contribution in [-0.2, 0) is 11.3 Å². The molecule has 0 saturated carbocycles. The molecule has 0 N–H and O–H groups in total. The van der Waals surface area contributed by atoms with Crippen LogP contribution in [0.25, 0.3) is 10.8 Å². The quantitative estimate of drug-likeness (QED) is 0.621. The molecule has 1 heterocycles. The Labute approximate surface area is 183 Å². The van der Waals surface area contributed by atoms with Gasteiger partial charge in [0.2, 0.25) is 5.91 Å². The number of piperidine rings is 1. The fourth-order valence-corrected chi connectivity index (χ4v) is 4.34. The molecule has 1 fully saturated rings. The van der Waals surface area contributed by atoms with Crippen LogP contribution in [0.2, 0.25) is 0 Å². The van der Waals surface area contributed by atoms with Crippen molar-refractivity contribution in [1.29, 1.82) is 0 Å². The molecule has 5 heteroatoms. The summed E-state index contributed by atoms with van der Waals surface area (Å²) in [4.78, 5) is 30.0. The van der Waals surface area contributed by atoms with Gasteiger partial charge in [-0.3, -0.25) is 9.59 Å². The number of benzene rings is 3. The Hall–Kier alpha value is -3.34. The summed E-state index contributed by atoms with van der Waals surface area (Å²) in [6.45, 7) is 1.69. The monoisotopic (exact) mass is 416 g/mol. The maximum Gasteiger partial charge on any atom is 0.254 e. The first-order valence-electron chi connectivity index (χ1n) is 10.7. The third-order valence-electron chi connectivity index (χ3n) is 6.03. The van der Waals surface area contributed by atoms with E-state index in [2.05, 4.69) is 0 Å².